The van der Waals surface area contributed by atoms with Crippen molar-refractivity contribution in [2.24, 2.45) is 0 Å². The van der Waals surface area contributed by atoms with Crippen LogP contribution in [0.1, 0.15) is 24.2 Å². The molecule has 0 saturated carbocycles. The zero-order valence-corrected chi connectivity index (χ0v) is 14.5. The quantitative estimate of drug-likeness (QED) is 0.743. The third-order valence-electron chi connectivity index (χ3n) is 2.51. The summed E-state index contributed by atoms with van der Waals surface area (Å²) in [5, 5.41) is 2.53. The highest BCUT2D eigenvalue weighted by atomic mass is 79.9. The van der Waals surface area contributed by atoms with Crippen molar-refractivity contribution >= 4 is 41.6 Å². The van der Waals surface area contributed by atoms with E-state index < -0.39 is 25.7 Å². The van der Waals surface area contributed by atoms with Crippen LogP contribution < -0.4 is 5.32 Å². The van der Waals surface area contributed by atoms with Gasteiger partial charge in [0.05, 0.1) is 16.1 Å². The monoisotopic (exact) mass is 401 g/mol. The molecule has 0 aliphatic rings. The zero-order valence-electron chi connectivity index (χ0n) is 11.3. The maximum absolute atomic E-state index is 13.5. The summed E-state index contributed by atoms with van der Waals surface area (Å²) in [7, 11) is 1.03. The molecule has 0 saturated heterocycles. The van der Waals surface area contributed by atoms with Crippen LogP contribution in [0.5, 0.6) is 0 Å². The number of nitrogens with one attached hydrogen (secondary N) is 1. The zero-order chi connectivity index (χ0) is 16.2. The van der Waals surface area contributed by atoms with Crippen LogP contribution in [-0.2, 0) is 13.8 Å². The highest BCUT2D eigenvalue weighted by Crippen LogP contribution is 2.29. The molecule has 0 bridgehead atoms. The maximum atomic E-state index is 13.5. The van der Waals surface area contributed by atoms with E-state index in [1.165, 1.54) is 0 Å². The van der Waals surface area contributed by atoms with E-state index in [0.29, 0.717) is 6.61 Å². The Labute approximate surface area is 135 Å². The standard InChI is InChI=1S/C12H14BrClFNO4S/c1-3-20-7(2)6-16-12(17)9-4-8(15)5-10(11(9)13)21(14,18)19/h4-5,7H,3,6H2,1-2H3,(H,16,17). The Bertz CT molecular complexity index is 638. The van der Waals surface area contributed by atoms with Gasteiger partial charge in [-0.05, 0) is 41.9 Å². The molecule has 1 N–H and O–H groups in total. The van der Waals surface area contributed by atoms with E-state index in [2.05, 4.69) is 21.2 Å². The van der Waals surface area contributed by atoms with Gasteiger partial charge in [-0.3, -0.25) is 4.79 Å². The number of hydrogen-bond donors (Lipinski definition) is 1. The second kappa shape index (κ2) is 7.53. The Morgan fingerprint density at radius 1 is 1.52 bits per heavy atom. The third kappa shape index (κ3) is 5.21. The molecule has 1 aromatic rings. The van der Waals surface area contributed by atoms with Crippen LogP contribution in [0.4, 0.5) is 4.39 Å². The van der Waals surface area contributed by atoms with Gasteiger partial charge in [-0.15, -0.1) is 0 Å². The summed E-state index contributed by atoms with van der Waals surface area (Å²) in [4.78, 5) is 11.5. The van der Waals surface area contributed by atoms with Crippen molar-refractivity contribution in [2.75, 3.05) is 13.2 Å². The van der Waals surface area contributed by atoms with Crippen LogP contribution in [0.3, 0.4) is 0 Å². The van der Waals surface area contributed by atoms with Crippen molar-refractivity contribution in [3.63, 3.8) is 0 Å². The average Bonchev–Trinajstić information content (AvgIpc) is 2.37. The normalized spacial score (nSPS) is 13.0. The van der Waals surface area contributed by atoms with Gasteiger partial charge in [0, 0.05) is 23.8 Å². The van der Waals surface area contributed by atoms with E-state index in [9.17, 15) is 17.6 Å². The molecule has 0 fully saturated rings. The molecule has 118 valence electrons. The Balaban J connectivity index is 3.03. The van der Waals surface area contributed by atoms with Crippen molar-refractivity contribution in [2.45, 2.75) is 24.8 Å². The van der Waals surface area contributed by atoms with Gasteiger partial charge < -0.3 is 10.1 Å². The molecule has 1 atom stereocenters. The molecule has 0 spiro atoms. The van der Waals surface area contributed by atoms with E-state index in [4.69, 9.17) is 15.4 Å². The van der Waals surface area contributed by atoms with Crippen LogP contribution >= 0.6 is 26.6 Å². The smallest absolute Gasteiger partial charge is 0.262 e. The summed E-state index contributed by atoms with van der Waals surface area (Å²) in [6.45, 7) is 4.28. The Morgan fingerprint density at radius 3 is 2.67 bits per heavy atom. The molecular weight excluding hydrogens is 389 g/mol. The highest BCUT2D eigenvalue weighted by Gasteiger charge is 2.22. The molecule has 1 rings (SSSR count). The fourth-order valence-corrected chi connectivity index (χ4v) is 3.85. The lowest BCUT2D eigenvalue weighted by atomic mass is 10.2. The molecule has 0 aliphatic carbocycles. The Kier molecular flexibility index (Phi) is 6.58. The number of amides is 1. The fraction of sp³-hybridized carbons (Fsp3) is 0.417. The largest absolute Gasteiger partial charge is 0.377 e. The first kappa shape index (κ1) is 18.3. The predicted octanol–water partition coefficient (Wildman–Crippen LogP) is 2.67. The van der Waals surface area contributed by atoms with E-state index in [1.54, 1.807) is 6.92 Å². The lowest BCUT2D eigenvalue weighted by molar-refractivity contribution is 0.0694. The van der Waals surface area contributed by atoms with Gasteiger partial charge in [-0.25, -0.2) is 12.8 Å². The Hall–Kier alpha value is -0.700. The van der Waals surface area contributed by atoms with Gasteiger partial charge in [-0.1, -0.05) is 0 Å². The van der Waals surface area contributed by atoms with Crippen molar-refractivity contribution < 1.29 is 22.3 Å². The van der Waals surface area contributed by atoms with E-state index >= 15 is 0 Å². The van der Waals surface area contributed by atoms with Gasteiger partial charge in [-0.2, -0.15) is 0 Å². The van der Waals surface area contributed by atoms with Gasteiger partial charge in [0.2, 0.25) is 0 Å². The molecule has 0 heterocycles. The summed E-state index contributed by atoms with van der Waals surface area (Å²) in [5.41, 5.74) is -0.155. The van der Waals surface area contributed by atoms with Crippen LogP contribution in [0.25, 0.3) is 0 Å². The fourth-order valence-electron chi connectivity index (χ4n) is 1.58. The minimum absolute atomic E-state index is 0.0829. The summed E-state index contributed by atoms with van der Waals surface area (Å²) in [5.74, 6) is -1.50. The number of ether oxygens (including phenoxy) is 1. The number of carbonyl (C=O) groups excluding carboxylic acids is 1. The number of rotatable bonds is 6. The van der Waals surface area contributed by atoms with Crippen molar-refractivity contribution in [3.05, 3.63) is 28.0 Å². The highest BCUT2D eigenvalue weighted by molar-refractivity contribution is 9.10. The van der Waals surface area contributed by atoms with Gasteiger partial charge in [0.15, 0.2) is 0 Å². The predicted molar refractivity (Wildman–Crippen MR) is 80.6 cm³/mol. The van der Waals surface area contributed by atoms with Gasteiger partial charge >= 0.3 is 0 Å². The molecule has 9 heteroatoms. The molecule has 1 aromatic carbocycles. The van der Waals surface area contributed by atoms with Crippen LogP contribution in [0.2, 0.25) is 0 Å². The first-order valence-corrected chi connectivity index (χ1v) is 9.10. The number of benzene rings is 1. The molecule has 0 radical (unpaired) electrons. The lowest BCUT2D eigenvalue weighted by Crippen LogP contribution is -2.32. The first-order chi connectivity index (χ1) is 9.66. The SMILES string of the molecule is CCOC(C)CNC(=O)c1cc(F)cc(S(=O)(=O)Cl)c1Br. The van der Waals surface area contributed by atoms with Crippen molar-refractivity contribution in [3.8, 4) is 0 Å². The molecule has 0 aromatic heterocycles. The molecule has 21 heavy (non-hydrogen) atoms. The van der Waals surface area contributed by atoms with Crippen LogP contribution in [-0.4, -0.2) is 33.6 Å². The summed E-state index contributed by atoms with van der Waals surface area (Å²) in [6.07, 6.45) is -0.220. The van der Waals surface area contributed by atoms with E-state index in [-0.39, 0.29) is 22.7 Å². The summed E-state index contributed by atoms with van der Waals surface area (Å²) >= 11 is 2.97. The first-order valence-electron chi connectivity index (χ1n) is 6.00. The summed E-state index contributed by atoms with van der Waals surface area (Å²) in [6, 6.07) is 1.67. The minimum atomic E-state index is -4.17. The Morgan fingerprint density at radius 2 is 2.14 bits per heavy atom. The second-order valence-corrected chi connectivity index (χ2v) is 7.51. The number of halogens is 3. The number of hydrogen-bond acceptors (Lipinski definition) is 4. The minimum Gasteiger partial charge on any atom is -0.377 e. The average molecular weight is 403 g/mol. The lowest BCUT2D eigenvalue weighted by Gasteiger charge is -2.14. The van der Waals surface area contributed by atoms with E-state index in [1.807, 2.05) is 6.92 Å². The third-order valence-corrected chi connectivity index (χ3v) is 4.98. The maximum Gasteiger partial charge on any atom is 0.262 e. The van der Waals surface area contributed by atoms with Crippen LogP contribution in [0, 0.1) is 5.82 Å². The molecule has 0 aliphatic heterocycles. The molecule has 5 nitrogen and oxygen atoms in total. The summed E-state index contributed by atoms with van der Waals surface area (Å²) < 4.78 is 41.3. The van der Waals surface area contributed by atoms with Crippen molar-refractivity contribution in [1.29, 1.82) is 0 Å². The second-order valence-electron chi connectivity index (χ2n) is 4.18. The molecule has 1 unspecified atom stereocenters. The van der Waals surface area contributed by atoms with Gasteiger partial charge in [0.25, 0.3) is 15.0 Å². The van der Waals surface area contributed by atoms with Crippen molar-refractivity contribution in [1.82, 2.24) is 5.32 Å². The number of carbonyl (C=O) groups is 1. The topological polar surface area (TPSA) is 72.5 Å². The van der Waals surface area contributed by atoms with Gasteiger partial charge in [0.1, 0.15) is 10.7 Å². The van der Waals surface area contributed by atoms with Crippen LogP contribution in [0.15, 0.2) is 21.5 Å². The van der Waals surface area contributed by atoms with E-state index in [0.717, 1.165) is 12.1 Å². The molecular formula is C12H14BrClFNO4S. The molecule has 1 amide bonds.